The molecule has 11 rings (SSSR count). The normalized spacial score (nSPS) is 11.9. The van der Waals surface area contributed by atoms with E-state index in [4.69, 9.17) is 0 Å². The van der Waals surface area contributed by atoms with Crippen LogP contribution in [-0.4, -0.2) is 18.7 Å². The Balaban J connectivity index is 1.10. The summed E-state index contributed by atoms with van der Waals surface area (Å²) in [7, 11) is 0. The van der Waals surface area contributed by atoms with Crippen LogP contribution in [0, 0.1) is 0 Å². The van der Waals surface area contributed by atoms with Crippen molar-refractivity contribution < 1.29 is 0 Å². The largest absolute Gasteiger partial charge is 0.309 e. The van der Waals surface area contributed by atoms with Crippen molar-refractivity contribution >= 4 is 65.4 Å². The predicted molar refractivity (Wildman–Crippen MR) is 213 cm³/mol. The summed E-state index contributed by atoms with van der Waals surface area (Å²) in [6, 6.07) is 61.6. The van der Waals surface area contributed by atoms with E-state index in [-0.39, 0.29) is 0 Å². The van der Waals surface area contributed by atoms with Gasteiger partial charge in [0, 0.05) is 49.9 Å². The lowest BCUT2D eigenvalue weighted by molar-refractivity contribution is 1.14. The molecular formula is C47H30N4. The number of hydrogen-bond donors (Lipinski definition) is 0. The summed E-state index contributed by atoms with van der Waals surface area (Å²) in [4.78, 5) is 4.41. The Morgan fingerprint density at radius 3 is 1.27 bits per heavy atom. The number of pyridine rings is 1. The van der Waals surface area contributed by atoms with Gasteiger partial charge in [-0.05, 0) is 96.1 Å². The summed E-state index contributed by atoms with van der Waals surface area (Å²) in [5, 5.41) is 7.45. The smallest absolute Gasteiger partial charge is 0.0645 e. The first-order valence-corrected chi connectivity index (χ1v) is 17.4. The van der Waals surface area contributed by atoms with Crippen LogP contribution in [0.15, 0.2) is 182 Å². The zero-order valence-corrected chi connectivity index (χ0v) is 27.6. The molecule has 0 unspecified atom stereocenters. The number of hydrogen-bond acceptors (Lipinski definition) is 1. The van der Waals surface area contributed by atoms with E-state index in [0.29, 0.717) is 0 Å². The minimum absolute atomic E-state index is 1.06. The molecule has 51 heavy (non-hydrogen) atoms. The summed E-state index contributed by atoms with van der Waals surface area (Å²) in [5.41, 5.74) is 13.0. The molecule has 0 amide bonds. The first-order valence-electron chi connectivity index (χ1n) is 17.4. The van der Waals surface area contributed by atoms with Crippen molar-refractivity contribution in [2.24, 2.45) is 0 Å². The molecular weight excluding hydrogens is 621 g/mol. The Kier molecular flexibility index (Phi) is 5.92. The minimum atomic E-state index is 1.06. The van der Waals surface area contributed by atoms with Crippen LogP contribution in [0.2, 0.25) is 0 Å². The molecule has 4 aromatic heterocycles. The van der Waals surface area contributed by atoms with Crippen LogP contribution in [0.1, 0.15) is 0 Å². The van der Waals surface area contributed by atoms with Gasteiger partial charge in [-0.15, -0.1) is 0 Å². The molecule has 0 radical (unpaired) electrons. The van der Waals surface area contributed by atoms with E-state index in [0.717, 1.165) is 11.4 Å². The monoisotopic (exact) mass is 650 g/mol. The summed E-state index contributed by atoms with van der Waals surface area (Å²) in [6.45, 7) is 0. The summed E-state index contributed by atoms with van der Waals surface area (Å²) in [5.74, 6) is 0. The van der Waals surface area contributed by atoms with Gasteiger partial charge in [-0.1, -0.05) is 84.9 Å². The maximum atomic E-state index is 4.41. The second-order valence-electron chi connectivity index (χ2n) is 13.3. The fourth-order valence-electron chi connectivity index (χ4n) is 8.30. The third-order valence-corrected chi connectivity index (χ3v) is 10.5. The number of fused-ring (bicyclic) bond motifs is 9. The van der Waals surface area contributed by atoms with Crippen LogP contribution in [-0.2, 0) is 0 Å². The first-order chi connectivity index (χ1) is 25.3. The van der Waals surface area contributed by atoms with Crippen molar-refractivity contribution in [1.29, 1.82) is 0 Å². The van der Waals surface area contributed by atoms with Gasteiger partial charge in [0.15, 0.2) is 0 Å². The Morgan fingerprint density at radius 2 is 0.725 bits per heavy atom. The Labute approximate surface area is 293 Å². The number of rotatable bonds is 4. The van der Waals surface area contributed by atoms with Crippen molar-refractivity contribution in [3.8, 4) is 28.2 Å². The molecule has 0 atom stereocenters. The van der Waals surface area contributed by atoms with Crippen molar-refractivity contribution in [2.75, 3.05) is 0 Å². The third-order valence-electron chi connectivity index (χ3n) is 10.5. The first kappa shape index (κ1) is 28.0. The van der Waals surface area contributed by atoms with Gasteiger partial charge in [-0.25, -0.2) is 0 Å². The average Bonchev–Trinajstić information content (AvgIpc) is 3.83. The van der Waals surface area contributed by atoms with Crippen LogP contribution in [0.25, 0.3) is 93.6 Å². The standard InChI is InChI=1S/C47H30N4/c1-2-11-33(12-3-1)49-42-17-7-6-16-38(42)41-29-34(22-25-47(41)49)50-43-18-8-4-14-36(43)39-27-31(20-23-45(39)50)32-21-24-46-40(28-32)37-15-5-9-19-44(37)51(46)35-13-10-26-48-30-35/h1-30H. The molecule has 0 N–H and O–H groups in total. The predicted octanol–water partition coefficient (Wildman–Crippen LogP) is 12.0. The highest BCUT2D eigenvalue weighted by Crippen LogP contribution is 2.40. The van der Waals surface area contributed by atoms with E-state index in [2.05, 4.69) is 182 Å². The molecule has 4 nitrogen and oxygen atoms in total. The molecule has 4 heteroatoms. The SMILES string of the molecule is c1ccc(-n2c3ccccc3c3cc(-n4c5ccccc5c5cc(-c6ccc7c(c6)c6ccccc6n7-c6cccnc6)ccc54)ccc32)cc1. The van der Waals surface area contributed by atoms with Crippen LogP contribution in [0.3, 0.4) is 0 Å². The van der Waals surface area contributed by atoms with Gasteiger partial charge >= 0.3 is 0 Å². The number of benzene rings is 7. The molecule has 4 heterocycles. The molecule has 0 spiro atoms. The average molecular weight is 651 g/mol. The maximum Gasteiger partial charge on any atom is 0.0645 e. The summed E-state index contributed by atoms with van der Waals surface area (Å²) >= 11 is 0. The quantitative estimate of drug-likeness (QED) is 0.186. The Hall–Kier alpha value is -6.91. The third kappa shape index (κ3) is 4.11. The lowest BCUT2D eigenvalue weighted by Gasteiger charge is -2.11. The number of nitrogens with zero attached hydrogens (tertiary/aromatic N) is 4. The van der Waals surface area contributed by atoms with Gasteiger partial charge in [0.25, 0.3) is 0 Å². The molecule has 0 aliphatic carbocycles. The van der Waals surface area contributed by atoms with E-state index in [1.165, 1.54) is 82.2 Å². The number of para-hydroxylation sites is 4. The highest BCUT2D eigenvalue weighted by Gasteiger charge is 2.18. The topological polar surface area (TPSA) is 27.7 Å². The van der Waals surface area contributed by atoms with E-state index in [1.54, 1.807) is 0 Å². The summed E-state index contributed by atoms with van der Waals surface area (Å²) in [6.07, 6.45) is 3.76. The van der Waals surface area contributed by atoms with E-state index >= 15 is 0 Å². The van der Waals surface area contributed by atoms with Crippen LogP contribution in [0.5, 0.6) is 0 Å². The maximum absolute atomic E-state index is 4.41. The van der Waals surface area contributed by atoms with Crippen molar-refractivity contribution in [3.63, 3.8) is 0 Å². The van der Waals surface area contributed by atoms with Gasteiger partial charge in [-0.3, -0.25) is 4.98 Å². The Bertz CT molecular complexity index is 3130. The molecule has 11 aromatic rings. The second-order valence-corrected chi connectivity index (χ2v) is 13.3. The van der Waals surface area contributed by atoms with Gasteiger partial charge in [0.1, 0.15) is 0 Å². The summed E-state index contributed by atoms with van der Waals surface area (Å²) < 4.78 is 7.11. The lowest BCUT2D eigenvalue weighted by atomic mass is 10.0. The number of aromatic nitrogens is 4. The molecule has 0 fully saturated rings. The molecule has 0 aliphatic heterocycles. The zero-order chi connectivity index (χ0) is 33.5. The van der Waals surface area contributed by atoms with Crippen molar-refractivity contribution in [2.45, 2.75) is 0 Å². The van der Waals surface area contributed by atoms with Gasteiger partial charge in [0.05, 0.1) is 45.0 Å². The highest BCUT2D eigenvalue weighted by atomic mass is 15.0. The molecule has 0 saturated heterocycles. The van der Waals surface area contributed by atoms with Gasteiger partial charge in [0.2, 0.25) is 0 Å². The lowest BCUT2D eigenvalue weighted by Crippen LogP contribution is -1.95. The molecule has 238 valence electrons. The molecule has 7 aromatic carbocycles. The highest BCUT2D eigenvalue weighted by molar-refractivity contribution is 6.14. The Morgan fingerprint density at radius 1 is 0.294 bits per heavy atom. The second kappa shape index (κ2) is 10.8. The molecule has 0 saturated carbocycles. The fraction of sp³-hybridized carbons (Fsp3) is 0. The van der Waals surface area contributed by atoms with Gasteiger partial charge in [-0.2, -0.15) is 0 Å². The van der Waals surface area contributed by atoms with E-state index < -0.39 is 0 Å². The van der Waals surface area contributed by atoms with E-state index in [1.807, 2.05) is 18.5 Å². The fourth-order valence-corrected chi connectivity index (χ4v) is 8.30. The van der Waals surface area contributed by atoms with Crippen LogP contribution < -0.4 is 0 Å². The van der Waals surface area contributed by atoms with Crippen LogP contribution in [0.4, 0.5) is 0 Å². The van der Waals surface area contributed by atoms with Crippen molar-refractivity contribution in [3.05, 3.63) is 182 Å². The minimum Gasteiger partial charge on any atom is -0.309 e. The van der Waals surface area contributed by atoms with E-state index in [9.17, 15) is 0 Å². The zero-order valence-electron chi connectivity index (χ0n) is 27.6. The molecule has 0 bridgehead atoms. The molecule has 0 aliphatic rings. The van der Waals surface area contributed by atoms with Crippen LogP contribution >= 0.6 is 0 Å². The van der Waals surface area contributed by atoms with Gasteiger partial charge < -0.3 is 13.7 Å². The van der Waals surface area contributed by atoms with Crippen molar-refractivity contribution in [1.82, 2.24) is 18.7 Å².